The average molecular weight is 392 g/mol. The number of alkyl halides is 3. The first-order chi connectivity index (χ1) is 13.2. The SMILES string of the molecule is COC(=O)c1ccc(CNc2ccc3nc(N)[nH]c(=O)c3c2C(F)(F)F)cc1. The number of hydrogen-bond donors (Lipinski definition) is 3. The van der Waals surface area contributed by atoms with Gasteiger partial charge in [-0.3, -0.25) is 9.78 Å². The van der Waals surface area contributed by atoms with Crippen molar-refractivity contribution in [2.24, 2.45) is 0 Å². The molecule has 10 heteroatoms. The van der Waals surface area contributed by atoms with Crippen molar-refractivity contribution < 1.29 is 22.7 Å². The maximum Gasteiger partial charge on any atom is 0.419 e. The zero-order valence-corrected chi connectivity index (χ0v) is 14.6. The van der Waals surface area contributed by atoms with E-state index in [0.717, 1.165) is 0 Å². The van der Waals surface area contributed by atoms with Crippen LogP contribution in [-0.4, -0.2) is 23.0 Å². The molecule has 0 spiro atoms. The molecule has 28 heavy (non-hydrogen) atoms. The number of hydrogen-bond acceptors (Lipinski definition) is 6. The smallest absolute Gasteiger partial charge is 0.419 e. The fourth-order valence-corrected chi connectivity index (χ4v) is 2.77. The molecule has 0 amide bonds. The van der Waals surface area contributed by atoms with Gasteiger partial charge in [0.2, 0.25) is 5.95 Å². The van der Waals surface area contributed by atoms with Crippen LogP contribution in [0.4, 0.5) is 24.8 Å². The lowest BCUT2D eigenvalue weighted by molar-refractivity contribution is -0.135. The second kappa shape index (κ2) is 7.22. The van der Waals surface area contributed by atoms with Crippen LogP contribution in [-0.2, 0) is 17.5 Å². The number of benzene rings is 2. The van der Waals surface area contributed by atoms with E-state index in [4.69, 9.17) is 5.73 Å². The molecule has 2 aromatic carbocycles. The van der Waals surface area contributed by atoms with Gasteiger partial charge in [-0.25, -0.2) is 9.78 Å². The maximum absolute atomic E-state index is 13.7. The molecule has 7 nitrogen and oxygen atoms in total. The topological polar surface area (TPSA) is 110 Å². The number of nitrogens with two attached hydrogens (primary N) is 1. The number of nitrogens with zero attached hydrogens (tertiary/aromatic N) is 1. The molecule has 1 heterocycles. The summed E-state index contributed by atoms with van der Waals surface area (Å²) in [5, 5.41) is 2.09. The van der Waals surface area contributed by atoms with Crippen molar-refractivity contribution >= 4 is 28.5 Å². The van der Waals surface area contributed by atoms with Crippen LogP contribution in [0.25, 0.3) is 10.9 Å². The van der Waals surface area contributed by atoms with Gasteiger partial charge in [0, 0.05) is 12.2 Å². The Morgan fingerprint density at radius 2 is 1.89 bits per heavy atom. The van der Waals surface area contributed by atoms with Crippen molar-refractivity contribution in [3.05, 3.63) is 63.4 Å². The number of anilines is 2. The molecule has 0 saturated heterocycles. The van der Waals surface area contributed by atoms with Crippen molar-refractivity contribution in [3.8, 4) is 0 Å². The molecule has 0 atom stereocenters. The summed E-state index contributed by atoms with van der Waals surface area (Å²) < 4.78 is 45.6. The number of halogens is 3. The number of aromatic nitrogens is 2. The van der Waals surface area contributed by atoms with E-state index < -0.39 is 28.7 Å². The Morgan fingerprint density at radius 1 is 1.21 bits per heavy atom. The van der Waals surface area contributed by atoms with Gasteiger partial charge in [-0.15, -0.1) is 0 Å². The average Bonchev–Trinajstić information content (AvgIpc) is 2.64. The predicted molar refractivity (Wildman–Crippen MR) is 96.9 cm³/mol. The minimum atomic E-state index is -4.79. The molecule has 3 aromatic rings. The van der Waals surface area contributed by atoms with Crippen LogP contribution in [0, 0.1) is 0 Å². The zero-order valence-electron chi connectivity index (χ0n) is 14.6. The highest BCUT2D eigenvalue weighted by Gasteiger charge is 2.37. The van der Waals surface area contributed by atoms with Crippen molar-refractivity contribution in [2.45, 2.75) is 12.7 Å². The molecule has 0 bridgehead atoms. The fourth-order valence-electron chi connectivity index (χ4n) is 2.77. The molecule has 0 saturated carbocycles. The molecule has 3 rings (SSSR count). The molecule has 4 N–H and O–H groups in total. The Balaban J connectivity index is 1.97. The lowest BCUT2D eigenvalue weighted by Gasteiger charge is -2.16. The van der Waals surface area contributed by atoms with E-state index in [0.29, 0.717) is 11.1 Å². The number of carbonyl (C=O) groups excluding carboxylic acids is 1. The number of ether oxygens (including phenoxy) is 1. The molecule has 1 aromatic heterocycles. The van der Waals surface area contributed by atoms with Crippen molar-refractivity contribution in [2.75, 3.05) is 18.2 Å². The van der Waals surface area contributed by atoms with Gasteiger partial charge in [0.15, 0.2) is 0 Å². The first-order valence-electron chi connectivity index (χ1n) is 8.01. The summed E-state index contributed by atoms with van der Waals surface area (Å²) in [5.74, 6) is -0.781. The van der Waals surface area contributed by atoms with Gasteiger partial charge in [-0.2, -0.15) is 13.2 Å². The molecule has 0 aliphatic heterocycles. The number of aromatic amines is 1. The Morgan fingerprint density at radius 3 is 2.50 bits per heavy atom. The van der Waals surface area contributed by atoms with Crippen LogP contribution >= 0.6 is 0 Å². The largest absolute Gasteiger partial charge is 0.465 e. The van der Waals surface area contributed by atoms with Crippen LogP contribution in [0.5, 0.6) is 0 Å². The van der Waals surface area contributed by atoms with Gasteiger partial charge < -0.3 is 15.8 Å². The third kappa shape index (κ3) is 3.75. The van der Waals surface area contributed by atoms with Gasteiger partial charge in [0.05, 0.1) is 29.1 Å². The van der Waals surface area contributed by atoms with Crippen molar-refractivity contribution in [1.29, 1.82) is 0 Å². The summed E-state index contributed by atoms with van der Waals surface area (Å²) in [6.07, 6.45) is -4.79. The van der Waals surface area contributed by atoms with Crippen LogP contribution in [0.2, 0.25) is 0 Å². The number of methoxy groups -OCH3 is 1. The molecular formula is C18H15F3N4O3. The normalized spacial score (nSPS) is 11.4. The van der Waals surface area contributed by atoms with E-state index in [1.54, 1.807) is 12.1 Å². The summed E-state index contributed by atoms with van der Waals surface area (Å²) in [7, 11) is 1.25. The second-order valence-electron chi connectivity index (χ2n) is 5.87. The highest BCUT2D eigenvalue weighted by atomic mass is 19.4. The van der Waals surface area contributed by atoms with E-state index in [2.05, 4.69) is 20.0 Å². The van der Waals surface area contributed by atoms with Gasteiger partial charge in [0.1, 0.15) is 0 Å². The first kappa shape index (κ1) is 19.2. The lowest BCUT2D eigenvalue weighted by Crippen LogP contribution is -2.19. The third-order valence-corrected chi connectivity index (χ3v) is 4.03. The lowest BCUT2D eigenvalue weighted by atomic mass is 10.1. The highest BCUT2D eigenvalue weighted by Crippen LogP contribution is 2.38. The molecule has 0 radical (unpaired) electrons. The van der Waals surface area contributed by atoms with Gasteiger partial charge in [0.25, 0.3) is 5.56 Å². The third-order valence-electron chi connectivity index (χ3n) is 4.03. The minimum absolute atomic E-state index is 0.0380. The monoisotopic (exact) mass is 392 g/mol. The Labute approximate surface area is 156 Å². The van der Waals surface area contributed by atoms with E-state index >= 15 is 0 Å². The Kier molecular flexibility index (Phi) is 4.95. The number of nitrogen functional groups attached to an aromatic ring is 1. The van der Waals surface area contributed by atoms with Gasteiger partial charge >= 0.3 is 12.1 Å². The van der Waals surface area contributed by atoms with E-state index in [9.17, 15) is 22.8 Å². The standard InChI is InChI=1S/C18H15F3N4O3/c1-28-16(27)10-4-2-9(3-5-10)8-23-12-7-6-11-13(14(12)18(19,20)21)15(26)25-17(22)24-11/h2-7,23H,8H2,1H3,(H3,22,24,25,26). The first-order valence-corrected chi connectivity index (χ1v) is 8.01. The predicted octanol–water partition coefficient (Wildman–Crippen LogP) is 2.92. The molecule has 0 unspecified atom stereocenters. The van der Waals surface area contributed by atoms with Crippen LogP contribution in [0.15, 0.2) is 41.2 Å². The van der Waals surface area contributed by atoms with E-state index in [1.807, 2.05) is 0 Å². The van der Waals surface area contributed by atoms with E-state index in [1.165, 1.54) is 31.4 Å². The molecule has 0 aliphatic carbocycles. The number of esters is 1. The number of fused-ring (bicyclic) bond motifs is 1. The second-order valence-corrected chi connectivity index (χ2v) is 5.87. The van der Waals surface area contributed by atoms with Crippen LogP contribution in [0.3, 0.4) is 0 Å². The van der Waals surface area contributed by atoms with Crippen molar-refractivity contribution in [1.82, 2.24) is 9.97 Å². The molecular weight excluding hydrogens is 377 g/mol. The molecule has 0 fully saturated rings. The summed E-state index contributed by atoms with van der Waals surface area (Å²) in [6.45, 7) is 0.0380. The minimum Gasteiger partial charge on any atom is -0.465 e. The highest BCUT2D eigenvalue weighted by molar-refractivity contribution is 5.89. The fraction of sp³-hybridized carbons (Fsp3) is 0.167. The summed E-state index contributed by atoms with van der Waals surface area (Å²) in [5.41, 5.74) is 3.84. The summed E-state index contributed by atoms with van der Waals surface area (Å²) in [4.78, 5) is 29.3. The summed E-state index contributed by atoms with van der Waals surface area (Å²) >= 11 is 0. The van der Waals surface area contributed by atoms with Gasteiger partial charge in [-0.05, 0) is 29.8 Å². The number of H-pyrrole nitrogens is 1. The van der Waals surface area contributed by atoms with Crippen LogP contribution < -0.4 is 16.6 Å². The Bertz CT molecular complexity index is 1090. The zero-order chi connectivity index (χ0) is 20.5. The van der Waals surface area contributed by atoms with Gasteiger partial charge in [-0.1, -0.05) is 12.1 Å². The number of nitrogens with one attached hydrogen (secondary N) is 2. The van der Waals surface area contributed by atoms with E-state index in [-0.39, 0.29) is 23.7 Å². The molecule has 146 valence electrons. The number of carbonyl (C=O) groups is 1. The quantitative estimate of drug-likeness (QED) is 0.589. The van der Waals surface area contributed by atoms with Crippen molar-refractivity contribution in [3.63, 3.8) is 0 Å². The summed E-state index contributed by atoms with van der Waals surface area (Å²) in [6, 6.07) is 8.67. The van der Waals surface area contributed by atoms with Crippen LogP contribution in [0.1, 0.15) is 21.5 Å². The molecule has 0 aliphatic rings. The maximum atomic E-state index is 13.7. The number of rotatable bonds is 4. The Hall–Kier alpha value is -3.56.